The lowest BCUT2D eigenvalue weighted by Gasteiger charge is -2.09. The number of sulfonamides is 1. The molecular formula is C20H16ClNO3S2. The summed E-state index contributed by atoms with van der Waals surface area (Å²) in [5, 5.41) is 0.591. The summed E-state index contributed by atoms with van der Waals surface area (Å²) in [5.74, 6) is 0.294. The van der Waals surface area contributed by atoms with Gasteiger partial charge >= 0.3 is 0 Å². The zero-order valence-corrected chi connectivity index (χ0v) is 16.5. The van der Waals surface area contributed by atoms with E-state index in [0.29, 0.717) is 16.3 Å². The highest BCUT2D eigenvalue weighted by Crippen LogP contribution is 2.23. The standard InChI is InChI=1S/C20H16ClNO3S2/c21-16-8-6-15(7-9-16)20(23)14-26-18-12-10-17(11-13-18)22-27(24,25)19-4-2-1-3-5-19/h1-13,22H,14H2. The molecular weight excluding hydrogens is 402 g/mol. The molecule has 0 saturated heterocycles. The topological polar surface area (TPSA) is 63.2 Å². The van der Waals surface area contributed by atoms with Crippen molar-refractivity contribution in [3.8, 4) is 0 Å². The van der Waals surface area contributed by atoms with Gasteiger partial charge in [0.25, 0.3) is 10.0 Å². The SMILES string of the molecule is O=C(CSc1ccc(NS(=O)(=O)c2ccccc2)cc1)c1ccc(Cl)cc1. The Hall–Kier alpha value is -2.28. The Morgan fingerprint density at radius 1 is 0.889 bits per heavy atom. The van der Waals surface area contributed by atoms with Crippen LogP contribution in [-0.2, 0) is 10.0 Å². The second kappa shape index (κ2) is 8.61. The summed E-state index contributed by atoms with van der Waals surface area (Å²) in [6.07, 6.45) is 0. The fourth-order valence-electron chi connectivity index (χ4n) is 2.30. The summed E-state index contributed by atoms with van der Waals surface area (Å²) in [7, 11) is -3.61. The van der Waals surface area contributed by atoms with E-state index in [-0.39, 0.29) is 16.4 Å². The second-order valence-electron chi connectivity index (χ2n) is 5.66. The van der Waals surface area contributed by atoms with E-state index >= 15 is 0 Å². The zero-order chi connectivity index (χ0) is 19.3. The lowest BCUT2D eigenvalue weighted by atomic mass is 10.1. The molecule has 3 aromatic carbocycles. The molecule has 138 valence electrons. The Kier molecular flexibility index (Phi) is 6.21. The Morgan fingerprint density at radius 2 is 1.52 bits per heavy atom. The van der Waals surface area contributed by atoms with Crippen molar-refractivity contribution < 1.29 is 13.2 Å². The van der Waals surface area contributed by atoms with Gasteiger partial charge in [-0.25, -0.2) is 8.42 Å². The van der Waals surface area contributed by atoms with Crippen molar-refractivity contribution in [1.82, 2.24) is 0 Å². The molecule has 0 spiro atoms. The molecule has 0 atom stereocenters. The van der Waals surface area contributed by atoms with E-state index in [1.165, 1.54) is 23.9 Å². The summed E-state index contributed by atoms with van der Waals surface area (Å²) < 4.78 is 27.2. The van der Waals surface area contributed by atoms with Crippen LogP contribution >= 0.6 is 23.4 Å². The number of anilines is 1. The number of hydrogen-bond donors (Lipinski definition) is 1. The molecule has 3 rings (SSSR count). The number of halogens is 1. The summed E-state index contributed by atoms with van der Waals surface area (Å²) in [6, 6.07) is 21.9. The molecule has 7 heteroatoms. The number of Topliss-reactive ketones (excluding diaryl/α,β-unsaturated/α-hetero) is 1. The first kappa shape index (κ1) is 19.5. The fraction of sp³-hybridized carbons (Fsp3) is 0.0500. The average Bonchev–Trinajstić information content (AvgIpc) is 2.68. The molecule has 0 bridgehead atoms. The highest BCUT2D eigenvalue weighted by molar-refractivity contribution is 8.00. The van der Waals surface area contributed by atoms with Crippen LogP contribution in [0.3, 0.4) is 0 Å². The van der Waals surface area contributed by atoms with Gasteiger partial charge in [-0.2, -0.15) is 0 Å². The van der Waals surface area contributed by atoms with Crippen molar-refractivity contribution in [2.45, 2.75) is 9.79 Å². The largest absolute Gasteiger partial charge is 0.293 e. The second-order valence-corrected chi connectivity index (χ2v) is 8.83. The van der Waals surface area contributed by atoms with Gasteiger partial charge in [0.05, 0.1) is 10.6 Å². The van der Waals surface area contributed by atoms with E-state index in [9.17, 15) is 13.2 Å². The molecule has 0 aliphatic heterocycles. The smallest absolute Gasteiger partial charge is 0.261 e. The molecule has 0 aliphatic carbocycles. The number of hydrogen-bond acceptors (Lipinski definition) is 4. The highest BCUT2D eigenvalue weighted by atomic mass is 35.5. The number of ketones is 1. The molecule has 0 unspecified atom stereocenters. The molecule has 27 heavy (non-hydrogen) atoms. The van der Waals surface area contributed by atoms with Gasteiger partial charge in [-0.05, 0) is 60.7 Å². The van der Waals surface area contributed by atoms with Gasteiger partial charge in [-0.3, -0.25) is 9.52 Å². The third-order valence-corrected chi connectivity index (χ3v) is 6.36. The minimum Gasteiger partial charge on any atom is -0.293 e. The van der Waals surface area contributed by atoms with Gasteiger partial charge in [-0.1, -0.05) is 29.8 Å². The third kappa shape index (κ3) is 5.35. The van der Waals surface area contributed by atoms with Crippen LogP contribution in [0.15, 0.2) is 88.7 Å². The molecule has 0 aliphatic rings. The van der Waals surface area contributed by atoms with Crippen molar-refractivity contribution in [3.05, 3.63) is 89.4 Å². The molecule has 1 N–H and O–H groups in total. The summed E-state index contributed by atoms with van der Waals surface area (Å²) in [4.78, 5) is 13.3. The Labute approximate surface area is 167 Å². The van der Waals surface area contributed by atoms with E-state index in [1.807, 2.05) is 0 Å². The van der Waals surface area contributed by atoms with Gasteiger partial charge in [-0.15, -0.1) is 11.8 Å². The van der Waals surface area contributed by atoms with E-state index in [4.69, 9.17) is 11.6 Å². The molecule has 0 amide bonds. The zero-order valence-electron chi connectivity index (χ0n) is 14.1. The van der Waals surface area contributed by atoms with Crippen LogP contribution in [0.4, 0.5) is 5.69 Å². The maximum absolute atomic E-state index is 12.3. The Bertz CT molecular complexity index is 1020. The first-order chi connectivity index (χ1) is 12.9. The molecule has 0 fully saturated rings. The van der Waals surface area contributed by atoms with E-state index in [1.54, 1.807) is 66.7 Å². The van der Waals surface area contributed by atoms with Crippen LogP contribution < -0.4 is 4.72 Å². The summed E-state index contributed by atoms with van der Waals surface area (Å²) >= 11 is 7.21. The highest BCUT2D eigenvalue weighted by Gasteiger charge is 2.13. The molecule has 4 nitrogen and oxygen atoms in total. The maximum Gasteiger partial charge on any atom is 0.261 e. The number of thioether (sulfide) groups is 1. The molecule has 0 aromatic heterocycles. The number of carbonyl (C=O) groups is 1. The molecule has 0 heterocycles. The molecule has 0 saturated carbocycles. The van der Waals surface area contributed by atoms with Crippen molar-refractivity contribution in [2.24, 2.45) is 0 Å². The quantitative estimate of drug-likeness (QED) is 0.428. The predicted octanol–water partition coefficient (Wildman–Crippen LogP) is 5.12. The Morgan fingerprint density at radius 3 is 2.15 bits per heavy atom. The molecule has 3 aromatic rings. The van der Waals surface area contributed by atoms with E-state index < -0.39 is 10.0 Å². The minimum absolute atomic E-state index is 0.00511. The summed E-state index contributed by atoms with van der Waals surface area (Å²) in [6.45, 7) is 0. The van der Waals surface area contributed by atoms with Gasteiger partial charge in [0.1, 0.15) is 0 Å². The van der Waals surface area contributed by atoms with Crippen LogP contribution in [0.1, 0.15) is 10.4 Å². The molecule has 0 radical (unpaired) electrons. The Balaban J connectivity index is 1.60. The van der Waals surface area contributed by atoms with Crippen LogP contribution in [0.25, 0.3) is 0 Å². The third-order valence-electron chi connectivity index (χ3n) is 3.70. The van der Waals surface area contributed by atoms with Crippen molar-refractivity contribution >= 4 is 44.9 Å². The lowest BCUT2D eigenvalue weighted by Crippen LogP contribution is -2.12. The van der Waals surface area contributed by atoms with Crippen molar-refractivity contribution in [2.75, 3.05) is 10.5 Å². The number of nitrogens with one attached hydrogen (secondary N) is 1. The summed E-state index contributed by atoms with van der Waals surface area (Å²) in [5.41, 5.74) is 1.08. The van der Waals surface area contributed by atoms with Gasteiger partial charge in [0, 0.05) is 21.2 Å². The first-order valence-electron chi connectivity index (χ1n) is 8.03. The average molecular weight is 418 g/mol. The van der Waals surface area contributed by atoms with Crippen molar-refractivity contribution in [1.29, 1.82) is 0 Å². The lowest BCUT2D eigenvalue weighted by molar-refractivity contribution is 0.102. The minimum atomic E-state index is -3.61. The van der Waals surface area contributed by atoms with Crippen molar-refractivity contribution in [3.63, 3.8) is 0 Å². The first-order valence-corrected chi connectivity index (χ1v) is 10.9. The van der Waals surface area contributed by atoms with Crippen LogP contribution in [0.5, 0.6) is 0 Å². The number of carbonyl (C=O) groups excluding carboxylic acids is 1. The van der Waals surface area contributed by atoms with Crippen LogP contribution in [0.2, 0.25) is 5.02 Å². The monoisotopic (exact) mass is 417 g/mol. The van der Waals surface area contributed by atoms with E-state index in [2.05, 4.69) is 4.72 Å². The van der Waals surface area contributed by atoms with Gasteiger partial charge in [0.15, 0.2) is 5.78 Å². The van der Waals surface area contributed by atoms with Gasteiger partial charge < -0.3 is 0 Å². The fourth-order valence-corrected chi connectivity index (χ4v) is 4.30. The maximum atomic E-state index is 12.3. The number of benzene rings is 3. The number of rotatable bonds is 7. The van der Waals surface area contributed by atoms with Gasteiger partial charge in [0.2, 0.25) is 0 Å². The van der Waals surface area contributed by atoms with Crippen LogP contribution in [-0.4, -0.2) is 20.0 Å². The van der Waals surface area contributed by atoms with E-state index in [0.717, 1.165) is 4.90 Å². The predicted molar refractivity (Wildman–Crippen MR) is 110 cm³/mol. The normalized spacial score (nSPS) is 11.1. The van der Waals surface area contributed by atoms with Crippen LogP contribution in [0, 0.1) is 0 Å².